The van der Waals surface area contributed by atoms with Crippen LogP contribution in [0.15, 0.2) is 12.3 Å². The smallest absolute Gasteiger partial charge is 0.253 e. The second kappa shape index (κ2) is 7.00. The van der Waals surface area contributed by atoms with Gasteiger partial charge in [-0.2, -0.15) is 0 Å². The lowest BCUT2D eigenvalue weighted by atomic mass is 10.2. The number of nitrogens with zero attached hydrogens (tertiary/aromatic N) is 3. The van der Waals surface area contributed by atoms with Crippen molar-refractivity contribution in [3.05, 3.63) is 22.3 Å². The highest BCUT2D eigenvalue weighted by Gasteiger charge is 2.32. The number of carbonyl (C=O) groups excluding carboxylic acids is 1. The molecular formula is C14H17Cl2N3O3. The third-order valence-corrected chi connectivity index (χ3v) is 4.24. The summed E-state index contributed by atoms with van der Waals surface area (Å²) < 4.78 is 10.9. The van der Waals surface area contributed by atoms with Gasteiger partial charge < -0.3 is 19.3 Å². The Kier molecular flexibility index (Phi) is 5.03. The SMILES string of the molecule is O=C(C1CN(c2ncc(Cl)cc2Cl)CCO1)N1CCOCC1. The Bertz CT molecular complexity index is 552. The van der Waals surface area contributed by atoms with Gasteiger partial charge in [-0.25, -0.2) is 4.98 Å². The van der Waals surface area contributed by atoms with E-state index in [1.807, 2.05) is 4.90 Å². The van der Waals surface area contributed by atoms with Gasteiger partial charge in [0.1, 0.15) is 5.82 Å². The summed E-state index contributed by atoms with van der Waals surface area (Å²) in [7, 11) is 0. The van der Waals surface area contributed by atoms with Gasteiger partial charge in [0.2, 0.25) is 0 Å². The molecule has 6 nitrogen and oxygen atoms in total. The molecule has 1 atom stereocenters. The van der Waals surface area contributed by atoms with Crippen LogP contribution < -0.4 is 4.90 Å². The van der Waals surface area contributed by atoms with Crippen molar-refractivity contribution in [1.29, 1.82) is 0 Å². The van der Waals surface area contributed by atoms with Crippen molar-refractivity contribution in [1.82, 2.24) is 9.88 Å². The van der Waals surface area contributed by atoms with Crippen LogP contribution in [0.4, 0.5) is 5.82 Å². The molecule has 1 aromatic rings. The maximum atomic E-state index is 12.5. The van der Waals surface area contributed by atoms with Crippen molar-refractivity contribution in [3.63, 3.8) is 0 Å². The number of pyridine rings is 1. The number of aromatic nitrogens is 1. The van der Waals surface area contributed by atoms with Gasteiger partial charge in [0, 0.05) is 25.8 Å². The van der Waals surface area contributed by atoms with Crippen LogP contribution in [0.3, 0.4) is 0 Å². The first kappa shape index (κ1) is 15.8. The van der Waals surface area contributed by atoms with Gasteiger partial charge in [-0.1, -0.05) is 23.2 Å². The molecule has 0 N–H and O–H groups in total. The molecule has 2 fully saturated rings. The van der Waals surface area contributed by atoms with Crippen LogP contribution in [-0.4, -0.2) is 67.9 Å². The summed E-state index contributed by atoms with van der Waals surface area (Å²) in [5.74, 6) is 0.632. The van der Waals surface area contributed by atoms with Gasteiger partial charge in [0.05, 0.1) is 36.4 Å². The summed E-state index contributed by atoms with van der Waals surface area (Å²) in [5.41, 5.74) is 0. The van der Waals surface area contributed by atoms with E-state index in [-0.39, 0.29) is 5.91 Å². The highest BCUT2D eigenvalue weighted by atomic mass is 35.5. The van der Waals surface area contributed by atoms with E-state index in [4.69, 9.17) is 32.7 Å². The summed E-state index contributed by atoms with van der Waals surface area (Å²) in [5, 5.41) is 0.968. The van der Waals surface area contributed by atoms with Crippen LogP contribution >= 0.6 is 23.2 Å². The number of rotatable bonds is 2. The Morgan fingerprint density at radius 3 is 2.73 bits per heavy atom. The number of halogens is 2. The van der Waals surface area contributed by atoms with E-state index in [1.54, 1.807) is 17.2 Å². The number of amides is 1. The van der Waals surface area contributed by atoms with Gasteiger partial charge in [-0.15, -0.1) is 0 Å². The minimum absolute atomic E-state index is 0.00177. The molecule has 0 spiro atoms. The van der Waals surface area contributed by atoms with E-state index in [2.05, 4.69) is 4.98 Å². The second-order valence-electron chi connectivity index (χ2n) is 5.20. The van der Waals surface area contributed by atoms with Gasteiger partial charge in [0.25, 0.3) is 5.91 Å². The van der Waals surface area contributed by atoms with Crippen LogP contribution in [0.5, 0.6) is 0 Å². The minimum atomic E-state index is -0.500. The first-order chi connectivity index (χ1) is 10.6. The number of morpholine rings is 2. The molecule has 22 heavy (non-hydrogen) atoms. The number of hydrogen-bond acceptors (Lipinski definition) is 5. The third-order valence-electron chi connectivity index (χ3n) is 3.75. The minimum Gasteiger partial charge on any atom is -0.378 e. The molecule has 1 aromatic heterocycles. The predicted octanol–water partition coefficient (Wildman–Crippen LogP) is 1.45. The number of ether oxygens (including phenoxy) is 2. The fourth-order valence-corrected chi connectivity index (χ4v) is 3.12. The van der Waals surface area contributed by atoms with Crippen molar-refractivity contribution < 1.29 is 14.3 Å². The largest absolute Gasteiger partial charge is 0.378 e. The molecule has 1 unspecified atom stereocenters. The van der Waals surface area contributed by atoms with Crippen LogP contribution in [0.1, 0.15) is 0 Å². The molecule has 1 amide bonds. The molecule has 0 radical (unpaired) electrons. The second-order valence-corrected chi connectivity index (χ2v) is 6.05. The molecule has 0 aliphatic carbocycles. The summed E-state index contributed by atoms with van der Waals surface area (Å²) >= 11 is 12.1. The molecule has 2 aliphatic heterocycles. The third kappa shape index (κ3) is 3.46. The van der Waals surface area contributed by atoms with Crippen LogP contribution in [0.2, 0.25) is 10.0 Å². The number of anilines is 1. The fourth-order valence-electron chi connectivity index (χ4n) is 2.62. The molecule has 0 saturated carbocycles. The van der Waals surface area contributed by atoms with E-state index >= 15 is 0 Å². The van der Waals surface area contributed by atoms with Crippen molar-refractivity contribution in [2.75, 3.05) is 50.9 Å². The summed E-state index contributed by atoms with van der Waals surface area (Å²) in [6.45, 7) is 3.91. The Balaban J connectivity index is 1.69. The lowest BCUT2D eigenvalue weighted by Crippen LogP contribution is -2.53. The van der Waals surface area contributed by atoms with E-state index in [0.29, 0.717) is 61.9 Å². The lowest BCUT2D eigenvalue weighted by Gasteiger charge is -2.36. The standard InChI is InChI=1S/C14H17Cl2N3O3/c15-10-7-11(16)13(17-8-10)19-3-6-22-12(9-19)14(20)18-1-4-21-5-2-18/h7-8,12H,1-6,9H2. The highest BCUT2D eigenvalue weighted by Crippen LogP contribution is 2.27. The van der Waals surface area contributed by atoms with Gasteiger partial charge in [-0.3, -0.25) is 4.79 Å². The monoisotopic (exact) mass is 345 g/mol. The highest BCUT2D eigenvalue weighted by molar-refractivity contribution is 6.36. The quantitative estimate of drug-likeness (QED) is 0.812. The zero-order chi connectivity index (χ0) is 15.5. The Labute approximate surface area is 138 Å². The Hall–Kier alpha value is -1.08. The Morgan fingerprint density at radius 2 is 2.00 bits per heavy atom. The molecular weight excluding hydrogens is 329 g/mol. The van der Waals surface area contributed by atoms with Gasteiger partial charge >= 0.3 is 0 Å². The molecule has 2 saturated heterocycles. The molecule has 0 aromatic carbocycles. The van der Waals surface area contributed by atoms with E-state index in [0.717, 1.165) is 0 Å². The summed E-state index contributed by atoms with van der Waals surface area (Å²) in [6, 6.07) is 1.65. The van der Waals surface area contributed by atoms with Crippen LogP contribution in [0, 0.1) is 0 Å². The van der Waals surface area contributed by atoms with Gasteiger partial charge in [0.15, 0.2) is 6.10 Å². The van der Waals surface area contributed by atoms with Crippen molar-refractivity contribution in [2.45, 2.75) is 6.10 Å². The summed E-state index contributed by atoms with van der Waals surface area (Å²) in [6.07, 6.45) is 1.05. The normalized spacial score (nSPS) is 22.7. The van der Waals surface area contributed by atoms with E-state index in [1.165, 1.54) is 0 Å². The van der Waals surface area contributed by atoms with E-state index < -0.39 is 6.10 Å². The van der Waals surface area contributed by atoms with Crippen molar-refractivity contribution in [3.8, 4) is 0 Å². The average Bonchev–Trinajstić information content (AvgIpc) is 2.55. The van der Waals surface area contributed by atoms with E-state index in [9.17, 15) is 4.79 Å². The fraction of sp³-hybridized carbons (Fsp3) is 0.571. The average molecular weight is 346 g/mol. The van der Waals surface area contributed by atoms with Gasteiger partial charge in [-0.05, 0) is 6.07 Å². The van der Waals surface area contributed by atoms with Crippen molar-refractivity contribution in [2.24, 2.45) is 0 Å². The summed E-state index contributed by atoms with van der Waals surface area (Å²) in [4.78, 5) is 20.5. The molecule has 3 rings (SSSR count). The zero-order valence-corrected chi connectivity index (χ0v) is 13.5. The topological polar surface area (TPSA) is 54.9 Å². The molecule has 0 bridgehead atoms. The zero-order valence-electron chi connectivity index (χ0n) is 12.0. The lowest BCUT2D eigenvalue weighted by molar-refractivity contribution is -0.148. The van der Waals surface area contributed by atoms with Crippen LogP contribution in [-0.2, 0) is 14.3 Å². The van der Waals surface area contributed by atoms with Crippen molar-refractivity contribution >= 4 is 34.9 Å². The maximum absolute atomic E-state index is 12.5. The maximum Gasteiger partial charge on any atom is 0.253 e. The number of carbonyl (C=O) groups is 1. The van der Waals surface area contributed by atoms with Crippen LogP contribution in [0.25, 0.3) is 0 Å². The molecule has 120 valence electrons. The molecule has 2 aliphatic rings. The first-order valence-corrected chi connectivity index (χ1v) is 7.95. The Morgan fingerprint density at radius 1 is 1.23 bits per heavy atom. The molecule has 3 heterocycles. The first-order valence-electron chi connectivity index (χ1n) is 7.19. The number of hydrogen-bond donors (Lipinski definition) is 0. The molecule has 8 heteroatoms. The predicted molar refractivity (Wildman–Crippen MR) is 83.6 cm³/mol.